The molecule has 22 heavy (non-hydrogen) atoms. The van der Waals surface area contributed by atoms with Gasteiger partial charge in [0.1, 0.15) is 5.75 Å². The number of hydrogen-bond acceptors (Lipinski definition) is 5. The van der Waals surface area contributed by atoms with Crippen molar-refractivity contribution < 1.29 is 24.7 Å². The molecule has 1 amide bonds. The third-order valence-electron chi connectivity index (χ3n) is 2.84. The molecule has 2 aromatic rings. The summed E-state index contributed by atoms with van der Waals surface area (Å²) in [4.78, 5) is 33.2. The van der Waals surface area contributed by atoms with Crippen molar-refractivity contribution in [1.29, 1.82) is 0 Å². The van der Waals surface area contributed by atoms with Crippen LogP contribution < -0.4 is 5.32 Å². The standard InChI is InChI=1S/C14H10N2O6/c17-12-6-5-8(16(21)22)7-11(12)15-13(18)9-3-1-2-4-10(9)14(19)20/h1-7,17H,(H,15,18)(H,19,20). The van der Waals surface area contributed by atoms with Gasteiger partial charge in [0, 0.05) is 12.1 Å². The predicted octanol–water partition coefficient (Wildman–Crippen LogP) is 2.25. The van der Waals surface area contributed by atoms with Crippen molar-refractivity contribution in [2.45, 2.75) is 0 Å². The zero-order valence-electron chi connectivity index (χ0n) is 11.0. The Morgan fingerprint density at radius 3 is 2.32 bits per heavy atom. The summed E-state index contributed by atoms with van der Waals surface area (Å²) in [6, 6.07) is 8.63. The topological polar surface area (TPSA) is 130 Å². The molecule has 0 aliphatic carbocycles. The number of carboxylic acid groups (broad SMARTS) is 1. The molecule has 0 spiro atoms. The first-order chi connectivity index (χ1) is 10.4. The lowest BCUT2D eigenvalue weighted by Crippen LogP contribution is -2.16. The lowest BCUT2D eigenvalue weighted by molar-refractivity contribution is -0.384. The molecule has 2 aromatic carbocycles. The number of aromatic carboxylic acids is 1. The maximum Gasteiger partial charge on any atom is 0.336 e. The average molecular weight is 302 g/mol. The number of anilines is 1. The Morgan fingerprint density at radius 1 is 1.09 bits per heavy atom. The molecule has 0 aliphatic rings. The summed E-state index contributed by atoms with van der Waals surface area (Å²) in [5.41, 5.74) is -0.843. The minimum Gasteiger partial charge on any atom is -0.506 e. The Hall–Kier alpha value is -3.42. The zero-order chi connectivity index (χ0) is 16.3. The molecular formula is C14H10N2O6. The monoisotopic (exact) mass is 302 g/mol. The highest BCUT2D eigenvalue weighted by Crippen LogP contribution is 2.28. The van der Waals surface area contributed by atoms with Gasteiger partial charge in [-0.3, -0.25) is 14.9 Å². The van der Waals surface area contributed by atoms with Gasteiger partial charge in [-0.05, 0) is 18.2 Å². The molecule has 0 aliphatic heterocycles. The highest BCUT2D eigenvalue weighted by atomic mass is 16.6. The van der Waals surface area contributed by atoms with Crippen LogP contribution in [0.4, 0.5) is 11.4 Å². The van der Waals surface area contributed by atoms with Crippen LogP contribution in [0.1, 0.15) is 20.7 Å². The van der Waals surface area contributed by atoms with Gasteiger partial charge in [0.15, 0.2) is 0 Å². The summed E-state index contributed by atoms with van der Waals surface area (Å²) in [5.74, 6) is -2.45. The summed E-state index contributed by atoms with van der Waals surface area (Å²) in [6.07, 6.45) is 0. The van der Waals surface area contributed by atoms with Crippen molar-refractivity contribution >= 4 is 23.3 Å². The molecule has 0 atom stereocenters. The van der Waals surface area contributed by atoms with Crippen LogP contribution in [0.25, 0.3) is 0 Å². The van der Waals surface area contributed by atoms with Gasteiger partial charge in [0.2, 0.25) is 0 Å². The molecule has 2 rings (SSSR count). The van der Waals surface area contributed by atoms with Gasteiger partial charge in [0.25, 0.3) is 11.6 Å². The summed E-state index contributed by atoms with van der Waals surface area (Å²) in [6.45, 7) is 0. The van der Waals surface area contributed by atoms with Crippen molar-refractivity contribution in [2.75, 3.05) is 5.32 Å². The number of aromatic hydroxyl groups is 1. The van der Waals surface area contributed by atoms with Gasteiger partial charge in [-0.25, -0.2) is 4.79 Å². The molecule has 0 unspecified atom stereocenters. The number of phenols is 1. The van der Waals surface area contributed by atoms with Crippen LogP contribution in [0.3, 0.4) is 0 Å². The second-order valence-electron chi connectivity index (χ2n) is 4.26. The molecule has 8 heteroatoms. The van der Waals surface area contributed by atoms with Gasteiger partial charge in [-0.1, -0.05) is 12.1 Å². The van der Waals surface area contributed by atoms with Crippen LogP contribution in [-0.2, 0) is 0 Å². The molecule has 0 saturated carbocycles. The number of hydrogen-bond donors (Lipinski definition) is 3. The van der Waals surface area contributed by atoms with Crippen LogP contribution in [0.2, 0.25) is 0 Å². The van der Waals surface area contributed by atoms with E-state index in [1.165, 1.54) is 24.3 Å². The van der Waals surface area contributed by atoms with Crippen molar-refractivity contribution in [3.8, 4) is 5.75 Å². The first kappa shape index (κ1) is 15.0. The fourth-order valence-electron chi connectivity index (χ4n) is 1.79. The van der Waals surface area contributed by atoms with Gasteiger partial charge in [0.05, 0.1) is 21.7 Å². The summed E-state index contributed by atoms with van der Waals surface area (Å²) >= 11 is 0. The number of carbonyl (C=O) groups excluding carboxylic acids is 1. The smallest absolute Gasteiger partial charge is 0.336 e. The van der Waals surface area contributed by atoms with E-state index in [4.69, 9.17) is 5.11 Å². The van der Waals surface area contributed by atoms with Crippen LogP contribution in [-0.4, -0.2) is 27.0 Å². The summed E-state index contributed by atoms with van der Waals surface area (Å²) < 4.78 is 0. The van der Waals surface area contributed by atoms with Crippen LogP contribution in [0, 0.1) is 10.1 Å². The van der Waals surface area contributed by atoms with E-state index < -0.39 is 16.8 Å². The number of carboxylic acids is 1. The van der Waals surface area contributed by atoms with E-state index in [1.54, 1.807) is 0 Å². The molecule has 0 fully saturated rings. The van der Waals surface area contributed by atoms with E-state index >= 15 is 0 Å². The number of phenolic OH excluding ortho intramolecular Hbond substituents is 1. The highest BCUT2D eigenvalue weighted by Gasteiger charge is 2.18. The van der Waals surface area contributed by atoms with E-state index in [0.29, 0.717) is 0 Å². The molecule has 8 nitrogen and oxygen atoms in total. The summed E-state index contributed by atoms with van der Waals surface area (Å²) in [7, 11) is 0. The first-order valence-corrected chi connectivity index (χ1v) is 6.01. The first-order valence-electron chi connectivity index (χ1n) is 6.01. The van der Waals surface area contributed by atoms with E-state index in [0.717, 1.165) is 18.2 Å². The quantitative estimate of drug-likeness (QED) is 0.451. The Morgan fingerprint density at radius 2 is 1.73 bits per heavy atom. The maximum absolute atomic E-state index is 12.1. The van der Waals surface area contributed by atoms with Crippen molar-refractivity contribution in [3.63, 3.8) is 0 Å². The van der Waals surface area contributed by atoms with Gasteiger partial charge < -0.3 is 15.5 Å². The van der Waals surface area contributed by atoms with Crippen molar-refractivity contribution in [3.05, 3.63) is 63.7 Å². The Bertz CT molecular complexity index is 772. The number of nitro benzene ring substituents is 1. The van der Waals surface area contributed by atoms with Crippen LogP contribution in [0.5, 0.6) is 5.75 Å². The predicted molar refractivity (Wildman–Crippen MR) is 76.1 cm³/mol. The number of nitrogens with one attached hydrogen (secondary N) is 1. The molecule has 0 bridgehead atoms. The molecule has 0 radical (unpaired) electrons. The minimum absolute atomic E-state index is 0.124. The molecule has 0 saturated heterocycles. The number of amides is 1. The van der Waals surface area contributed by atoms with Crippen molar-refractivity contribution in [2.24, 2.45) is 0 Å². The number of carbonyl (C=O) groups is 2. The number of benzene rings is 2. The Labute approximate surface area is 123 Å². The average Bonchev–Trinajstić information content (AvgIpc) is 2.49. The highest BCUT2D eigenvalue weighted by molar-refractivity contribution is 6.11. The van der Waals surface area contributed by atoms with Crippen LogP contribution >= 0.6 is 0 Å². The Kier molecular flexibility index (Phi) is 4.03. The second kappa shape index (κ2) is 5.92. The lowest BCUT2D eigenvalue weighted by Gasteiger charge is -2.09. The fraction of sp³-hybridized carbons (Fsp3) is 0. The normalized spacial score (nSPS) is 10.0. The molecule has 3 N–H and O–H groups in total. The second-order valence-corrected chi connectivity index (χ2v) is 4.26. The van der Waals surface area contributed by atoms with Gasteiger partial charge >= 0.3 is 5.97 Å². The third kappa shape index (κ3) is 3.01. The van der Waals surface area contributed by atoms with Gasteiger partial charge in [-0.15, -0.1) is 0 Å². The van der Waals surface area contributed by atoms with Gasteiger partial charge in [-0.2, -0.15) is 0 Å². The molecule has 112 valence electrons. The number of nitrogens with zero attached hydrogens (tertiary/aromatic N) is 1. The number of non-ortho nitro benzene ring substituents is 1. The third-order valence-corrected chi connectivity index (χ3v) is 2.84. The van der Waals surface area contributed by atoms with E-state index in [1.807, 2.05) is 0 Å². The number of rotatable bonds is 4. The Balaban J connectivity index is 2.36. The maximum atomic E-state index is 12.1. The zero-order valence-corrected chi connectivity index (χ0v) is 11.0. The number of nitro groups is 1. The van der Waals surface area contributed by atoms with Crippen LogP contribution in [0.15, 0.2) is 42.5 Å². The molecule has 0 heterocycles. The minimum atomic E-state index is -1.28. The molecule has 0 aromatic heterocycles. The van der Waals surface area contributed by atoms with Crippen molar-refractivity contribution in [1.82, 2.24) is 0 Å². The lowest BCUT2D eigenvalue weighted by atomic mass is 10.1. The largest absolute Gasteiger partial charge is 0.506 e. The van der Waals surface area contributed by atoms with E-state index in [9.17, 15) is 24.8 Å². The SMILES string of the molecule is O=C(O)c1ccccc1C(=O)Nc1cc([N+](=O)[O-])ccc1O. The summed E-state index contributed by atoms with van der Waals surface area (Å²) in [5, 5.41) is 31.6. The van der Waals surface area contributed by atoms with E-state index in [-0.39, 0.29) is 28.3 Å². The fourth-order valence-corrected chi connectivity index (χ4v) is 1.79. The van der Waals surface area contributed by atoms with E-state index in [2.05, 4.69) is 5.32 Å². The molecular weight excluding hydrogens is 292 g/mol.